The summed E-state index contributed by atoms with van der Waals surface area (Å²) in [5.74, 6) is -1.25. The number of carboxylic acids is 1. The second-order valence-corrected chi connectivity index (χ2v) is 3.55. The zero-order valence-corrected chi connectivity index (χ0v) is 8.78. The van der Waals surface area contributed by atoms with Gasteiger partial charge in [0.1, 0.15) is 0 Å². The number of hydrogen-bond donors (Lipinski definition) is 2. The maximum absolute atomic E-state index is 12.5. The van der Waals surface area contributed by atoms with Crippen LogP contribution in [0.25, 0.3) is 0 Å². The largest absolute Gasteiger partial charge is 0.481 e. The van der Waals surface area contributed by atoms with Crippen LogP contribution in [0.3, 0.4) is 0 Å². The van der Waals surface area contributed by atoms with E-state index >= 15 is 0 Å². The molecule has 3 nitrogen and oxygen atoms in total. The number of nitrogens with one attached hydrogen (secondary N) is 1. The van der Waals surface area contributed by atoms with Gasteiger partial charge in [-0.2, -0.15) is 0 Å². The predicted octanol–water partition coefficient (Wildman–Crippen LogP) is 2.52. The normalized spacial score (nSPS) is 12.5. The van der Waals surface area contributed by atoms with E-state index in [1.54, 1.807) is 24.3 Å². The highest BCUT2D eigenvalue weighted by Gasteiger charge is 2.22. The van der Waals surface area contributed by atoms with Crippen LogP contribution in [0, 0.1) is 6.92 Å². The van der Waals surface area contributed by atoms with Crippen LogP contribution in [0.5, 0.6) is 0 Å². The third kappa shape index (κ3) is 3.84. The van der Waals surface area contributed by atoms with Crippen LogP contribution in [-0.4, -0.2) is 23.5 Å². The van der Waals surface area contributed by atoms with Crippen molar-refractivity contribution in [3.8, 4) is 0 Å². The predicted molar refractivity (Wildman–Crippen MR) is 56.8 cm³/mol. The summed E-state index contributed by atoms with van der Waals surface area (Å²) in [6.45, 7) is 1.88. The summed E-state index contributed by atoms with van der Waals surface area (Å²) in [6, 6.07) is 5.47. The highest BCUT2D eigenvalue weighted by atomic mass is 19.3. The molecule has 0 spiro atoms. The van der Waals surface area contributed by atoms with E-state index in [9.17, 15) is 13.6 Å². The van der Waals surface area contributed by atoms with E-state index < -0.39 is 24.9 Å². The average Bonchev–Trinajstić information content (AvgIpc) is 2.19. The van der Waals surface area contributed by atoms with Gasteiger partial charge < -0.3 is 10.4 Å². The molecule has 0 radical (unpaired) electrons. The summed E-state index contributed by atoms with van der Waals surface area (Å²) < 4.78 is 25.0. The molecule has 0 fully saturated rings. The SMILES string of the molecule is Cc1ccc(NC(CC(=O)O)C(F)F)cc1. The van der Waals surface area contributed by atoms with Crippen LogP contribution in [0.4, 0.5) is 14.5 Å². The Hall–Kier alpha value is -1.65. The van der Waals surface area contributed by atoms with E-state index in [0.717, 1.165) is 5.56 Å². The number of anilines is 1. The Labute approximate surface area is 92.1 Å². The highest BCUT2D eigenvalue weighted by Crippen LogP contribution is 2.15. The fourth-order valence-electron chi connectivity index (χ4n) is 1.26. The fourth-order valence-corrected chi connectivity index (χ4v) is 1.26. The Morgan fingerprint density at radius 3 is 2.38 bits per heavy atom. The van der Waals surface area contributed by atoms with Gasteiger partial charge in [0, 0.05) is 5.69 Å². The number of carbonyl (C=O) groups is 1. The van der Waals surface area contributed by atoms with E-state index in [1.165, 1.54) is 0 Å². The molecule has 88 valence electrons. The van der Waals surface area contributed by atoms with Crippen molar-refractivity contribution in [1.82, 2.24) is 0 Å². The molecule has 0 saturated heterocycles. The first kappa shape index (κ1) is 12.4. The van der Waals surface area contributed by atoms with Gasteiger partial charge in [-0.3, -0.25) is 4.79 Å². The quantitative estimate of drug-likeness (QED) is 0.815. The van der Waals surface area contributed by atoms with Crippen LogP contribution in [0.2, 0.25) is 0 Å². The van der Waals surface area contributed by atoms with Crippen molar-refractivity contribution in [2.45, 2.75) is 25.8 Å². The average molecular weight is 229 g/mol. The summed E-state index contributed by atoms with van der Waals surface area (Å²) in [6.07, 6.45) is -3.32. The second kappa shape index (κ2) is 5.44. The molecular formula is C11H13F2NO2. The molecule has 0 bridgehead atoms. The standard InChI is InChI=1S/C11H13F2NO2/c1-7-2-4-8(5-3-7)14-9(11(12)13)6-10(15)16/h2-5,9,11,14H,6H2,1H3,(H,15,16). The lowest BCUT2D eigenvalue weighted by molar-refractivity contribution is -0.138. The van der Waals surface area contributed by atoms with Crippen molar-refractivity contribution in [1.29, 1.82) is 0 Å². The zero-order chi connectivity index (χ0) is 12.1. The van der Waals surface area contributed by atoms with Gasteiger partial charge in [-0.25, -0.2) is 8.78 Å². The number of halogens is 2. The lowest BCUT2D eigenvalue weighted by Gasteiger charge is -2.17. The molecule has 0 aromatic heterocycles. The maximum Gasteiger partial charge on any atom is 0.305 e. The molecule has 1 aromatic rings. The molecule has 5 heteroatoms. The van der Waals surface area contributed by atoms with Crippen molar-refractivity contribution in [2.24, 2.45) is 0 Å². The van der Waals surface area contributed by atoms with E-state index in [1.807, 2.05) is 6.92 Å². The number of carboxylic acid groups (broad SMARTS) is 1. The number of rotatable bonds is 5. The second-order valence-electron chi connectivity index (χ2n) is 3.55. The smallest absolute Gasteiger partial charge is 0.305 e. The number of aliphatic carboxylic acids is 1. The first-order valence-corrected chi connectivity index (χ1v) is 4.82. The summed E-state index contributed by atoms with van der Waals surface area (Å²) in [5.41, 5.74) is 1.51. The Kier molecular flexibility index (Phi) is 4.22. The first-order chi connectivity index (χ1) is 7.49. The van der Waals surface area contributed by atoms with Crippen LogP contribution >= 0.6 is 0 Å². The topological polar surface area (TPSA) is 49.3 Å². The lowest BCUT2D eigenvalue weighted by Crippen LogP contribution is -2.30. The van der Waals surface area contributed by atoms with Crippen molar-refractivity contribution in [2.75, 3.05) is 5.32 Å². The van der Waals surface area contributed by atoms with Crippen molar-refractivity contribution >= 4 is 11.7 Å². The van der Waals surface area contributed by atoms with E-state index in [-0.39, 0.29) is 0 Å². The number of benzene rings is 1. The highest BCUT2D eigenvalue weighted by molar-refractivity contribution is 5.68. The number of alkyl halides is 2. The molecule has 0 amide bonds. The van der Waals surface area contributed by atoms with Gasteiger partial charge in [-0.1, -0.05) is 17.7 Å². The zero-order valence-electron chi connectivity index (χ0n) is 8.78. The van der Waals surface area contributed by atoms with E-state index in [4.69, 9.17) is 5.11 Å². The Morgan fingerprint density at radius 1 is 1.38 bits per heavy atom. The van der Waals surface area contributed by atoms with Crippen LogP contribution < -0.4 is 5.32 Å². The Balaban J connectivity index is 2.67. The van der Waals surface area contributed by atoms with Gasteiger partial charge in [-0.05, 0) is 19.1 Å². The van der Waals surface area contributed by atoms with Crippen LogP contribution in [-0.2, 0) is 4.79 Å². The lowest BCUT2D eigenvalue weighted by atomic mass is 10.2. The molecule has 0 heterocycles. The van der Waals surface area contributed by atoms with Gasteiger partial charge in [0.15, 0.2) is 0 Å². The fraction of sp³-hybridized carbons (Fsp3) is 0.364. The maximum atomic E-state index is 12.5. The Bertz CT molecular complexity index is 352. The number of aryl methyl sites for hydroxylation is 1. The third-order valence-corrected chi connectivity index (χ3v) is 2.10. The molecule has 0 saturated carbocycles. The molecule has 1 aromatic carbocycles. The minimum absolute atomic E-state index is 0.497. The molecule has 2 N–H and O–H groups in total. The molecule has 1 unspecified atom stereocenters. The van der Waals surface area contributed by atoms with Gasteiger partial charge in [0.05, 0.1) is 12.5 Å². The number of hydrogen-bond acceptors (Lipinski definition) is 2. The van der Waals surface area contributed by atoms with Crippen molar-refractivity contribution < 1.29 is 18.7 Å². The molecule has 0 aliphatic rings. The van der Waals surface area contributed by atoms with Gasteiger partial charge in [0.2, 0.25) is 0 Å². The van der Waals surface area contributed by atoms with Gasteiger partial charge in [-0.15, -0.1) is 0 Å². The minimum Gasteiger partial charge on any atom is -0.481 e. The van der Waals surface area contributed by atoms with Gasteiger partial charge >= 0.3 is 5.97 Å². The van der Waals surface area contributed by atoms with Crippen molar-refractivity contribution in [3.63, 3.8) is 0 Å². The molecule has 1 rings (SSSR count). The van der Waals surface area contributed by atoms with E-state index in [2.05, 4.69) is 5.32 Å². The van der Waals surface area contributed by atoms with Crippen molar-refractivity contribution in [3.05, 3.63) is 29.8 Å². The minimum atomic E-state index is -2.71. The molecule has 0 aliphatic heterocycles. The summed E-state index contributed by atoms with van der Waals surface area (Å²) in [7, 11) is 0. The van der Waals surface area contributed by atoms with Crippen LogP contribution in [0.15, 0.2) is 24.3 Å². The summed E-state index contributed by atoms with van der Waals surface area (Å²) >= 11 is 0. The molecular weight excluding hydrogens is 216 g/mol. The summed E-state index contributed by atoms with van der Waals surface area (Å²) in [5, 5.41) is 11.0. The van der Waals surface area contributed by atoms with Gasteiger partial charge in [0.25, 0.3) is 6.43 Å². The summed E-state index contributed by atoms with van der Waals surface area (Å²) in [4.78, 5) is 10.4. The monoisotopic (exact) mass is 229 g/mol. The molecule has 16 heavy (non-hydrogen) atoms. The van der Waals surface area contributed by atoms with Crippen LogP contribution in [0.1, 0.15) is 12.0 Å². The Morgan fingerprint density at radius 2 is 1.94 bits per heavy atom. The molecule has 1 atom stereocenters. The third-order valence-electron chi connectivity index (χ3n) is 2.10. The van der Waals surface area contributed by atoms with E-state index in [0.29, 0.717) is 5.69 Å². The first-order valence-electron chi connectivity index (χ1n) is 4.82. The molecule has 0 aliphatic carbocycles.